The number of aryl methyl sites for hydroxylation is 1. The molecule has 0 saturated heterocycles. The summed E-state index contributed by atoms with van der Waals surface area (Å²) < 4.78 is 4.95. The number of amides is 2. The molecule has 0 atom stereocenters. The van der Waals surface area contributed by atoms with Crippen LogP contribution in [0.5, 0.6) is 0 Å². The van der Waals surface area contributed by atoms with Crippen molar-refractivity contribution >= 4 is 34.3 Å². The summed E-state index contributed by atoms with van der Waals surface area (Å²) in [6, 6.07) is 6.86. The monoisotopic (exact) mass is 361 g/mol. The largest absolute Gasteiger partial charge is 0.462 e. The molecule has 25 heavy (non-hydrogen) atoms. The molecule has 2 amide bonds. The Hall–Kier alpha value is -2.74. The molecule has 2 N–H and O–H groups in total. The minimum absolute atomic E-state index is 0.113. The van der Waals surface area contributed by atoms with Crippen molar-refractivity contribution in [3.63, 3.8) is 0 Å². The van der Waals surface area contributed by atoms with Gasteiger partial charge in [0.05, 0.1) is 12.3 Å². The van der Waals surface area contributed by atoms with Crippen molar-refractivity contribution in [2.24, 2.45) is 0 Å². The third-order valence-corrected chi connectivity index (χ3v) is 4.29. The van der Waals surface area contributed by atoms with Gasteiger partial charge in [0.1, 0.15) is 4.88 Å². The maximum absolute atomic E-state index is 12.3. The fourth-order valence-corrected chi connectivity index (χ4v) is 2.86. The summed E-state index contributed by atoms with van der Waals surface area (Å²) in [5, 5.41) is 5.71. The van der Waals surface area contributed by atoms with E-state index in [0.29, 0.717) is 27.8 Å². The van der Waals surface area contributed by atoms with Gasteiger partial charge < -0.3 is 10.1 Å². The van der Waals surface area contributed by atoms with Crippen molar-refractivity contribution in [3.05, 3.63) is 46.0 Å². The molecule has 0 aliphatic heterocycles. The zero-order valence-electron chi connectivity index (χ0n) is 14.2. The number of esters is 1. The van der Waals surface area contributed by atoms with E-state index < -0.39 is 5.97 Å². The van der Waals surface area contributed by atoms with E-state index in [2.05, 4.69) is 15.6 Å². The second kappa shape index (κ2) is 8.39. The molecular weight excluding hydrogens is 342 g/mol. The molecular formula is C17H19N3O4S. The van der Waals surface area contributed by atoms with Crippen molar-refractivity contribution in [2.75, 3.05) is 11.9 Å². The number of carbonyl (C=O) groups is 3. The fourth-order valence-electron chi connectivity index (χ4n) is 2.01. The molecule has 0 bridgehead atoms. The van der Waals surface area contributed by atoms with Gasteiger partial charge in [-0.3, -0.25) is 14.9 Å². The van der Waals surface area contributed by atoms with E-state index in [-0.39, 0.29) is 18.4 Å². The Kier molecular flexibility index (Phi) is 6.24. The van der Waals surface area contributed by atoms with Gasteiger partial charge in [-0.05, 0) is 31.5 Å². The number of carbonyl (C=O) groups excluding carboxylic acids is 3. The van der Waals surface area contributed by atoms with E-state index in [1.165, 1.54) is 6.92 Å². The molecule has 2 rings (SSSR count). The first kappa shape index (κ1) is 18.6. The van der Waals surface area contributed by atoms with Crippen molar-refractivity contribution in [3.8, 4) is 0 Å². The van der Waals surface area contributed by atoms with Gasteiger partial charge >= 0.3 is 5.97 Å². The van der Waals surface area contributed by atoms with Crippen LogP contribution in [0.2, 0.25) is 0 Å². The lowest BCUT2D eigenvalue weighted by Crippen LogP contribution is -2.19. The molecule has 0 aliphatic carbocycles. The molecule has 0 unspecified atom stereocenters. The summed E-state index contributed by atoms with van der Waals surface area (Å²) in [6.07, 6.45) is 0. The van der Waals surface area contributed by atoms with Crippen molar-refractivity contribution in [1.29, 1.82) is 0 Å². The lowest BCUT2D eigenvalue weighted by Gasteiger charge is -2.05. The van der Waals surface area contributed by atoms with Gasteiger partial charge in [0, 0.05) is 19.0 Å². The quantitative estimate of drug-likeness (QED) is 0.771. The van der Waals surface area contributed by atoms with Crippen LogP contribution < -0.4 is 10.6 Å². The molecule has 1 aromatic heterocycles. The lowest BCUT2D eigenvalue weighted by atomic mass is 10.1. The summed E-state index contributed by atoms with van der Waals surface area (Å²) in [7, 11) is 0. The minimum atomic E-state index is -0.444. The third kappa shape index (κ3) is 5.12. The van der Waals surface area contributed by atoms with E-state index in [1.807, 2.05) is 0 Å². The molecule has 2 aromatic rings. The fraction of sp³-hybridized carbons (Fsp3) is 0.294. The standard InChI is InChI=1S/C17H19N3O4S/c1-4-24-16(23)14-10(2)19-17(25-14)20-15(22)13-7-5-12(6-8-13)9-18-11(3)21/h5-8H,4,9H2,1-3H3,(H,18,21)(H,19,20,22). The first-order chi connectivity index (χ1) is 11.9. The number of nitrogens with zero attached hydrogens (tertiary/aromatic N) is 1. The predicted octanol–water partition coefficient (Wildman–Crippen LogP) is 2.52. The molecule has 1 heterocycles. The maximum atomic E-state index is 12.3. The molecule has 0 aliphatic rings. The summed E-state index contributed by atoms with van der Waals surface area (Å²) >= 11 is 1.08. The number of thiazole rings is 1. The van der Waals surface area contributed by atoms with Gasteiger partial charge in [0.2, 0.25) is 5.91 Å². The number of ether oxygens (including phenoxy) is 1. The number of benzene rings is 1. The Morgan fingerprint density at radius 2 is 1.88 bits per heavy atom. The number of nitrogens with one attached hydrogen (secondary N) is 2. The van der Waals surface area contributed by atoms with Crippen LogP contribution in [0.25, 0.3) is 0 Å². The van der Waals surface area contributed by atoms with Crippen molar-refractivity contribution < 1.29 is 19.1 Å². The van der Waals surface area contributed by atoms with Gasteiger partial charge in [0.15, 0.2) is 5.13 Å². The Bertz CT molecular complexity index is 784. The average molecular weight is 361 g/mol. The molecule has 8 heteroatoms. The Labute approximate surface area is 149 Å². The van der Waals surface area contributed by atoms with Crippen LogP contribution in [0.4, 0.5) is 5.13 Å². The number of hydrogen-bond acceptors (Lipinski definition) is 6. The predicted molar refractivity (Wildman–Crippen MR) is 94.7 cm³/mol. The highest BCUT2D eigenvalue weighted by atomic mass is 32.1. The van der Waals surface area contributed by atoms with E-state index in [1.54, 1.807) is 38.1 Å². The number of hydrogen-bond donors (Lipinski definition) is 2. The maximum Gasteiger partial charge on any atom is 0.350 e. The van der Waals surface area contributed by atoms with Crippen LogP contribution in [-0.2, 0) is 16.1 Å². The zero-order chi connectivity index (χ0) is 18.4. The van der Waals surface area contributed by atoms with E-state index in [9.17, 15) is 14.4 Å². The van der Waals surface area contributed by atoms with Gasteiger partial charge in [-0.1, -0.05) is 23.5 Å². The topological polar surface area (TPSA) is 97.4 Å². The highest BCUT2D eigenvalue weighted by molar-refractivity contribution is 7.17. The first-order valence-electron chi connectivity index (χ1n) is 7.70. The number of aromatic nitrogens is 1. The molecule has 0 saturated carbocycles. The molecule has 1 aromatic carbocycles. The van der Waals surface area contributed by atoms with Crippen LogP contribution in [0.15, 0.2) is 24.3 Å². The minimum Gasteiger partial charge on any atom is -0.462 e. The van der Waals surface area contributed by atoms with Crippen LogP contribution in [0.3, 0.4) is 0 Å². The van der Waals surface area contributed by atoms with E-state index in [4.69, 9.17) is 4.74 Å². The average Bonchev–Trinajstić information content (AvgIpc) is 2.94. The van der Waals surface area contributed by atoms with E-state index in [0.717, 1.165) is 16.9 Å². The molecule has 7 nitrogen and oxygen atoms in total. The highest BCUT2D eigenvalue weighted by Crippen LogP contribution is 2.24. The number of rotatable bonds is 6. The van der Waals surface area contributed by atoms with Crippen molar-refractivity contribution in [1.82, 2.24) is 10.3 Å². The van der Waals surface area contributed by atoms with Crippen LogP contribution in [-0.4, -0.2) is 29.4 Å². The Morgan fingerprint density at radius 1 is 1.20 bits per heavy atom. The Balaban J connectivity index is 2.03. The summed E-state index contributed by atoms with van der Waals surface area (Å²) in [5.74, 6) is -0.881. The molecule has 132 valence electrons. The second-order valence-electron chi connectivity index (χ2n) is 5.21. The third-order valence-electron chi connectivity index (χ3n) is 3.24. The van der Waals surface area contributed by atoms with Crippen molar-refractivity contribution in [2.45, 2.75) is 27.3 Å². The smallest absolute Gasteiger partial charge is 0.350 e. The number of anilines is 1. The second-order valence-corrected chi connectivity index (χ2v) is 6.21. The van der Waals surface area contributed by atoms with Gasteiger partial charge in [-0.25, -0.2) is 9.78 Å². The molecule has 0 fully saturated rings. The normalized spacial score (nSPS) is 10.2. The van der Waals surface area contributed by atoms with Gasteiger partial charge in [-0.15, -0.1) is 0 Å². The zero-order valence-corrected chi connectivity index (χ0v) is 15.0. The van der Waals surface area contributed by atoms with Crippen LogP contribution in [0.1, 0.15) is 45.1 Å². The SMILES string of the molecule is CCOC(=O)c1sc(NC(=O)c2ccc(CNC(C)=O)cc2)nc1C. The molecule has 0 radical (unpaired) electrons. The first-order valence-corrected chi connectivity index (χ1v) is 8.51. The molecule has 0 spiro atoms. The van der Waals surface area contributed by atoms with Crippen LogP contribution in [0, 0.1) is 6.92 Å². The lowest BCUT2D eigenvalue weighted by molar-refractivity contribution is -0.119. The summed E-state index contributed by atoms with van der Waals surface area (Å²) in [4.78, 5) is 39.5. The Morgan fingerprint density at radius 3 is 2.48 bits per heavy atom. The van der Waals surface area contributed by atoms with Gasteiger partial charge in [0.25, 0.3) is 5.91 Å². The van der Waals surface area contributed by atoms with Gasteiger partial charge in [-0.2, -0.15) is 0 Å². The van der Waals surface area contributed by atoms with E-state index >= 15 is 0 Å². The summed E-state index contributed by atoms with van der Waals surface area (Å²) in [6.45, 7) is 5.55. The highest BCUT2D eigenvalue weighted by Gasteiger charge is 2.18. The van der Waals surface area contributed by atoms with Crippen LogP contribution >= 0.6 is 11.3 Å². The summed E-state index contributed by atoms with van der Waals surface area (Å²) in [5.41, 5.74) is 1.86.